The number of halogens is 2. The van der Waals surface area contributed by atoms with Crippen LogP contribution in [-0.2, 0) is 14.3 Å². The number of anilines is 1. The molecule has 0 saturated carbocycles. The fourth-order valence-corrected chi connectivity index (χ4v) is 2.32. The summed E-state index contributed by atoms with van der Waals surface area (Å²) in [5, 5.41) is 2.24. The topological polar surface area (TPSA) is 73.9 Å². The molecule has 8 heteroatoms. The second-order valence-electron chi connectivity index (χ2n) is 5.87. The minimum Gasteiger partial charge on any atom is -0.493 e. The second kappa shape index (κ2) is 10.2. The van der Waals surface area contributed by atoms with Gasteiger partial charge in [-0.15, -0.1) is 0 Å². The van der Waals surface area contributed by atoms with Gasteiger partial charge in [-0.25, -0.2) is 13.6 Å². The average Bonchev–Trinajstić information content (AvgIpc) is 2.69. The molecule has 0 spiro atoms. The van der Waals surface area contributed by atoms with Gasteiger partial charge in [-0.05, 0) is 49.8 Å². The zero-order valence-electron chi connectivity index (χ0n) is 16.2. The summed E-state index contributed by atoms with van der Waals surface area (Å²) in [6.07, 6.45) is 1.45. The predicted octanol–water partition coefficient (Wildman–Crippen LogP) is 3.96. The quantitative estimate of drug-likeness (QED) is 0.532. The first-order valence-electron chi connectivity index (χ1n) is 8.79. The van der Waals surface area contributed by atoms with Crippen molar-refractivity contribution >= 4 is 23.6 Å². The van der Waals surface area contributed by atoms with E-state index in [2.05, 4.69) is 5.32 Å². The first-order valence-corrected chi connectivity index (χ1v) is 8.79. The summed E-state index contributed by atoms with van der Waals surface area (Å²) in [7, 11) is 1.50. The predicted molar refractivity (Wildman–Crippen MR) is 104 cm³/mol. The molecule has 0 bridgehead atoms. The first-order chi connectivity index (χ1) is 13.8. The zero-order chi connectivity index (χ0) is 21.4. The SMILES string of the molecule is CCOc1ccc(/C=C/C(=O)O[C@H](C)C(=O)Nc2ccc(F)cc2F)cc1OC. The van der Waals surface area contributed by atoms with Crippen molar-refractivity contribution in [1.29, 1.82) is 0 Å². The second-order valence-corrected chi connectivity index (χ2v) is 5.87. The molecule has 0 aliphatic rings. The zero-order valence-corrected chi connectivity index (χ0v) is 16.2. The smallest absolute Gasteiger partial charge is 0.331 e. The monoisotopic (exact) mass is 405 g/mol. The van der Waals surface area contributed by atoms with Gasteiger partial charge in [0.2, 0.25) is 0 Å². The number of esters is 1. The lowest BCUT2D eigenvalue weighted by Crippen LogP contribution is -2.29. The van der Waals surface area contributed by atoms with Gasteiger partial charge in [0.15, 0.2) is 17.6 Å². The van der Waals surface area contributed by atoms with Crippen LogP contribution in [-0.4, -0.2) is 31.7 Å². The summed E-state index contributed by atoms with van der Waals surface area (Å²) in [6.45, 7) is 3.67. The van der Waals surface area contributed by atoms with Gasteiger partial charge >= 0.3 is 5.97 Å². The number of hydrogen-bond acceptors (Lipinski definition) is 5. The molecule has 2 aromatic rings. The molecule has 1 amide bonds. The van der Waals surface area contributed by atoms with Crippen LogP contribution < -0.4 is 14.8 Å². The van der Waals surface area contributed by atoms with Crippen LogP contribution in [0.5, 0.6) is 11.5 Å². The Morgan fingerprint density at radius 2 is 1.90 bits per heavy atom. The summed E-state index contributed by atoms with van der Waals surface area (Å²) in [4.78, 5) is 24.0. The molecule has 0 heterocycles. The number of rotatable bonds is 8. The number of carbonyl (C=O) groups excluding carboxylic acids is 2. The molecular weight excluding hydrogens is 384 g/mol. The lowest BCUT2D eigenvalue weighted by Gasteiger charge is -2.13. The van der Waals surface area contributed by atoms with E-state index >= 15 is 0 Å². The molecule has 0 aliphatic heterocycles. The highest BCUT2D eigenvalue weighted by molar-refractivity contribution is 5.96. The number of hydrogen-bond donors (Lipinski definition) is 1. The van der Waals surface area contributed by atoms with Crippen molar-refractivity contribution in [3.8, 4) is 11.5 Å². The van der Waals surface area contributed by atoms with Crippen LogP contribution in [0.2, 0.25) is 0 Å². The standard InChI is InChI=1S/C21H21F2NO5/c1-4-28-18-9-5-14(11-19(18)27-3)6-10-20(25)29-13(2)21(26)24-17-8-7-15(22)12-16(17)23/h5-13H,4H2,1-3H3,(H,24,26)/b10-6+/t13-/m1/s1. The molecule has 6 nitrogen and oxygen atoms in total. The molecule has 0 saturated heterocycles. The molecule has 2 aromatic carbocycles. The van der Waals surface area contributed by atoms with Gasteiger partial charge in [-0.2, -0.15) is 0 Å². The van der Waals surface area contributed by atoms with E-state index in [0.29, 0.717) is 29.7 Å². The van der Waals surface area contributed by atoms with E-state index in [4.69, 9.17) is 14.2 Å². The first kappa shape index (κ1) is 21.9. The van der Waals surface area contributed by atoms with E-state index in [9.17, 15) is 18.4 Å². The highest BCUT2D eigenvalue weighted by Gasteiger charge is 2.18. The van der Waals surface area contributed by atoms with Gasteiger partial charge in [0.05, 0.1) is 19.4 Å². The van der Waals surface area contributed by atoms with Gasteiger partial charge in [0.25, 0.3) is 5.91 Å². The van der Waals surface area contributed by atoms with Crippen molar-refractivity contribution in [2.24, 2.45) is 0 Å². The van der Waals surface area contributed by atoms with Crippen molar-refractivity contribution in [2.45, 2.75) is 20.0 Å². The molecule has 1 N–H and O–H groups in total. The molecule has 2 rings (SSSR count). The highest BCUT2D eigenvalue weighted by atomic mass is 19.1. The Bertz CT molecular complexity index is 914. The Kier molecular flexibility index (Phi) is 7.70. The Balaban J connectivity index is 1.96. The molecule has 0 aliphatic carbocycles. The normalized spacial score (nSPS) is 11.8. The molecular formula is C21H21F2NO5. The van der Waals surface area contributed by atoms with Crippen molar-refractivity contribution in [2.75, 3.05) is 19.0 Å². The molecule has 0 aromatic heterocycles. The van der Waals surface area contributed by atoms with Crippen molar-refractivity contribution in [3.05, 3.63) is 59.7 Å². The van der Waals surface area contributed by atoms with Crippen molar-refractivity contribution in [1.82, 2.24) is 0 Å². The summed E-state index contributed by atoms with van der Waals surface area (Å²) >= 11 is 0. The summed E-state index contributed by atoms with van der Waals surface area (Å²) in [5.41, 5.74) is 0.448. The summed E-state index contributed by atoms with van der Waals surface area (Å²) < 4.78 is 42.1. The number of benzene rings is 2. The Morgan fingerprint density at radius 3 is 2.55 bits per heavy atom. The minimum absolute atomic E-state index is 0.212. The fraction of sp³-hybridized carbons (Fsp3) is 0.238. The maximum Gasteiger partial charge on any atom is 0.331 e. The molecule has 0 fully saturated rings. The third kappa shape index (κ3) is 6.31. The van der Waals surface area contributed by atoms with Gasteiger partial charge in [0, 0.05) is 12.1 Å². The molecule has 154 valence electrons. The van der Waals surface area contributed by atoms with Crippen LogP contribution in [0.25, 0.3) is 6.08 Å². The highest BCUT2D eigenvalue weighted by Crippen LogP contribution is 2.28. The fourth-order valence-electron chi connectivity index (χ4n) is 2.32. The van der Waals surface area contributed by atoms with Crippen molar-refractivity contribution in [3.63, 3.8) is 0 Å². The van der Waals surface area contributed by atoms with Gasteiger partial charge in [-0.1, -0.05) is 6.07 Å². The molecule has 0 radical (unpaired) electrons. The van der Waals surface area contributed by atoms with E-state index in [1.807, 2.05) is 6.92 Å². The van der Waals surface area contributed by atoms with E-state index in [-0.39, 0.29) is 5.69 Å². The number of amides is 1. The van der Waals surface area contributed by atoms with Gasteiger partial charge in [-0.3, -0.25) is 4.79 Å². The van der Waals surface area contributed by atoms with Crippen molar-refractivity contribution < 1.29 is 32.6 Å². The third-order valence-electron chi connectivity index (χ3n) is 3.75. The van der Waals surface area contributed by atoms with Gasteiger partial charge < -0.3 is 19.5 Å². The van der Waals surface area contributed by atoms with E-state index in [1.54, 1.807) is 18.2 Å². The summed E-state index contributed by atoms with van der Waals surface area (Å²) in [5.74, 6) is -2.12. The Labute approximate surface area is 167 Å². The number of ether oxygens (including phenoxy) is 3. The molecule has 0 unspecified atom stereocenters. The van der Waals surface area contributed by atoms with Crippen LogP contribution in [0.3, 0.4) is 0 Å². The van der Waals surface area contributed by atoms with Gasteiger partial charge in [0.1, 0.15) is 11.6 Å². The molecule has 29 heavy (non-hydrogen) atoms. The molecule has 1 atom stereocenters. The Hall–Kier alpha value is -3.42. The summed E-state index contributed by atoms with van der Waals surface area (Å²) in [6, 6.07) is 7.84. The van der Waals surface area contributed by atoms with E-state index in [1.165, 1.54) is 20.1 Å². The largest absolute Gasteiger partial charge is 0.493 e. The number of methoxy groups -OCH3 is 1. The lowest BCUT2D eigenvalue weighted by molar-refractivity contribution is -0.148. The number of carbonyl (C=O) groups is 2. The Morgan fingerprint density at radius 1 is 1.14 bits per heavy atom. The maximum absolute atomic E-state index is 13.6. The van der Waals surface area contributed by atoms with Crippen LogP contribution >= 0.6 is 0 Å². The third-order valence-corrected chi connectivity index (χ3v) is 3.75. The van der Waals surface area contributed by atoms with E-state index in [0.717, 1.165) is 18.2 Å². The van der Waals surface area contributed by atoms with Crippen LogP contribution in [0, 0.1) is 11.6 Å². The minimum atomic E-state index is -1.19. The van der Waals surface area contributed by atoms with Crippen LogP contribution in [0.4, 0.5) is 14.5 Å². The maximum atomic E-state index is 13.6. The lowest BCUT2D eigenvalue weighted by atomic mass is 10.2. The van der Waals surface area contributed by atoms with Crippen LogP contribution in [0.1, 0.15) is 19.4 Å². The number of nitrogens with one attached hydrogen (secondary N) is 1. The van der Waals surface area contributed by atoms with Crippen LogP contribution in [0.15, 0.2) is 42.5 Å². The average molecular weight is 405 g/mol. The van der Waals surface area contributed by atoms with E-state index < -0.39 is 29.6 Å².